The summed E-state index contributed by atoms with van der Waals surface area (Å²) in [5.74, 6) is -1.06. The van der Waals surface area contributed by atoms with Gasteiger partial charge in [0.1, 0.15) is 12.2 Å². The number of nitrogens with zero attached hydrogens (tertiary/aromatic N) is 1. The van der Waals surface area contributed by atoms with Crippen LogP contribution in [0.15, 0.2) is 71.5 Å². The molecule has 0 amide bonds. The van der Waals surface area contributed by atoms with Crippen molar-refractivity contribution in [1.29, 1.82) is 0 Å². The molecule has 0 radical (unpaired) electrons. The Labute approximate surface area is 193 Å². The fraction of sp³-hybridized carbons (Fsp3) is 0.167. The minimum absolute atomic E-state index is 0.0111. The van der Waals surface area contributed by atoms with Gasteiger partial charge in [0.15, 0.2) is 12.1 Å². The summed E-state index contributed by atoms with van der Waals surface area (Å²) >= 11 is 0. The molecule has 2 aromatic heterocycles. The van der Waals surface area contributed by atoms with Crippen LogP contribution >= 0.6 is 0 Å². The molecule has 0 saturated carbocycles. The van der Waals surface area contributed by atoms with Gasteiger partial charge in [-0.3, -0.25) is 9.78 Å². The number of ether oxygens (including phenoxy) is 2. The maximum absolute atomic E-state index is 12.9. The SMILES string of the molecule is Nc1nc2[nH]c(C3[NH2+]CC(OC(=O)c4ccccc4)C3OC(=O)c3ccccc3)cc2c(=O)[nH]1. The third-order valence-electron chi connectivity index (χ3n) is 5.76. The third-order valence-corrected chi connectivity index (χ3v) is 5.76. The fourth-order valence-electron chi connectivity index (χ4n) is 4.13. The second kappa shape index (κ2) is 8.83. The van der Waals surface area contributed by atoms with Gasteiger partial charge >= 0.3 is 11.9 Å². The van der Waals surface area contributed by atoms with E-state index < -0.39 is 30.2 Å². The number of nitrogen functional groups attached to an aromatic ring is 1. The van der Waals surface area contributed by atoms with Gasteiger partial charge in [0.05, 0.1) is 22.2 Å². The molecule has 10 nitrogen and oxygen atoms in total. The highest BCUT2D eigenvalue weighted by atomic mass is 16.6. The molecule has 0 bridgehead atoms. The number of anilines is 1. The minimum atomic E-state index is -0.815. The maximum Gasteiger partial charge on any atom is 0.338 e. The van der Waals surface area contributed by atoms with Crippen LogP contribution in [0.1, 0.15) is 32.5 Å². The number of benzene rings is 2. The molecule has 3 atom stereocenters. The van der Waals surface area contributed by atoms with Crippen LogP contribution in [0, 0.1) is 0 Å². The molecule has 1 fully saturated rings. The Kier molecular flexibility index (Phi) is 5.56. The van der Waals surface area contributed by atoms with E-state index in [0.717, 1.165) is 0 Å². The summed E-state index contributed by atoms with van der Waals surface area (Å²) < 4.78 is 11.6. The number of esters is 2. The molecular formula is C24H22N5O5+. The molecule has 3 heterocycles. The number of carbonyl (C=O) groups excluding carboxylic acids is 2. The van der Waals surface area contributed by atoms with Crippen LogP contribution < -0.4 is 16.6 Å². The molecule has 34 heavy (non-hydrogen) atoms. The average Bonchev–Trinajstić information content (AvgIpc) is 3.44. The lowest BCUT2D eigenvalue weighted by molar-refractivity contribution is -0.681. The number of aromatic nitrogens is 3. The van der Waals surface area contributed by atoms with E-state index in [9.17, 15) is 14.4 Å². The molecule has 0 aliphatic carbocycles. The second-order valence-electron chi connectivity index (χ2n) is 7.98. The first-order valence-electron chi connectivity index (χ1n) is 10.7. The number of rotatable bonds is 5. The minimum Gasteiger partial charge on any atom is -0.448 e. The van der Waals surface area contributed by atoms with Crippen LogP contribution in [0.2, 0.25) is 0 Å². The van der Waals surface area contributed by atoms with Crippen molar-refractivity contribution in [1.82, 2.24) is 15.0 Å². The zero-order valence-corrected chi connectivity index (χ0v) is 17.9. The zero-order chi connectivity index (χ0) is 23.7. The van der Waals surface area contributed by atoms with E-state index in [-0.39, 0.29) is 11.5 Å². The molecule has 172 valence electrons. The normalized spacial score (nSPS) is 19.7. The van der Waals surface area contributed by atoms with E-state index in [0.29, 0.717) is 34.4 Å². The first kappa shape index (κ1) is 21.4. The van der Waals surface area contributed by atoms with Gasteiger partial charge in [0.25, 0.3) is 5.56 Å². The van der Waals surface area contributed by atoms with E-state index in [2.05, 4.69) is 15.0 Å². The smallest absolute Gasteiger partial charge is 0.338 e. The molecule has 5 rings (SSSR count). The van der Waals surface area contributed by atoms with Crippen molar-refractivity contribution in [3.8, 4) is 0 Å². The number of nitrogens with one attached hydrogen (secondary N) is 2. The van der Waals surface area contributed by atoms with Crippen LogP contribution in [0.5, 0.6) is 0 Å². The standard InChI is InChI=1S/C24H21N5O5/c25-24-28-20-15(21(30)29-24)11-16(27-20)18-19(34-23(32)14-9-5-2-6-10-14)17(12-26-18)33-22(31)13-7-3-1-4-8-13/h1-11,17-19,26H,12H2,(H4,25,27,28,29,30)/p+1. The van der Waals surface area contributed by atoms with Crippen LogP contribution in [-0.2, 0) is 9.47 Å². The first-order chi connectivity index (χ1) is 16.5. The van der Waals surface area contributed by atoms with Crippen LogP contribution in [-0.4, -0.2) is 45.6 Å². The largest absolute Gasteiger partial charge is 0.448 e. The number of aromatic amines is 2. The summed E-state index contributed by atoms with van der Waals surface area (Å²) in [6.07, 6.45) is -1.53. The van der Waals surface area contributed by atoms with Crippen molar-refractivity contribution in [3.63, 3.8) is 0 Å². The van der Waals surface area contributed by atoms with Crippen molar-refractivity contribution in [2.75, 3.05) is 12.3 Å². The van der Waals surface area contributed by atoms with Gasteiger partial charge in [-0.2, -0.15) is 4.98 Å². The highest BCUT2D eigenvalue weighted by molar-refractivity contribution is 5.90. The predicted octanol–water partition coefficient (Wildman–Crippen LogP) is 0.903. The van der Waals surface area contributed by atoms with Crippen LogP contribution in [0.4, 0.5) is 5.95 Å². The average molecular weight is 460 g/mol. The first-order valence-corrected chi connectivity index (χ1v) is 10.7. The summed E-state index contributed by atoms with van der Waals surface area (Å²) in [6.45, 7) is 0.358. The Hall–Kier alpha value is -4.44. The van der Waals surface area contributed by atoms with E-state index in [1.54, 1.807) is 66.7 Å². The van der Waals surface area contributed by atoms with Gasteiger partial charge in [-0.25, -0.2) is 9.59 Å². The van der Waals surface area contributed by atoms with Crippen molar-refractivity contribution < 1.29 is 24.4 Å². The summed E-state index contributed by atoms with van der Waals surface area (Å²) in [4.78, 5) is 47.6. The van der Waals surface area contributed by atoms with Gasteiger partial charge < -0.3 is 25.5 Å². The Morgan fingerprint density at radius 1 is 0.941 bits per heavy atom. The molecule has 1 aliphatic rings. The van der Waals surface area contributed by atoms with Crippen LogP contribution in [0.3, 0.4) is 0 Å². The van der Waals surface area contributed by atoms with E-state index in [1.165, 1.54) is 0 Å². The van der Waals surface area contributed by atoms with Gasteiger partial charge in [-0.15, -0.1) is 0 Å². The highest BCUT2D eigenvalue weighted by Gasteiger charge is 2.47. The summed E-state index contributed by atoms with van der Waals surface area (Å²) in [6, 6.07) is 18.4. The predicted molar refractivity (Wildman–Crippen MR) is 122 cm³/mol. The van der Waals surface area contributed by atoms with Crippen molar-refractivity contribution in [2.45, 2.75) is 18.2 Å². The Balaban J connectivity index is 1.46. The summed E-state index contributed by atoms with van der Waals surface area (Å²) in [5.41, 5.74) is 6.97. The quantitative estimate of drug-likeness (QED) is 0.322. The second-order valence-corrected chi connectivity index (χ2v) is 7.98. The number of carbonyl (C=O) groups is 2. The third kappa shape index (κ3) is 4.14. The van der Waals surface area contributed by atoms with Crippen molar-refractivity contribution in [3.05, 3.63) is 93.9 Å². The molecule has 0 spiro atoms. The molecule has 4 aromatic rings. The van der Waals surface area contributed by atoms with Gasteiger partial charge in [-0.1, -0.05) is 36.4 Å². The van der Waals surface area contributed by atoms with E-state index in [4.69, 9.17) is 15.2 Å². The van der Waals surface area contributed by atoms with Gasteiger partial charge in [0, 0.05) is 0 Å². The Bertz CT molecular complexity index is 1400. The van der Waals surface area contributed by atoms with Gasteiger partial charge in [0.2, 0.25) is 12.1 Å². The number of quaternary nitrogens is 1. The van der Waals surface area contributed by atoms with Crippen LogP contribution in [0.25, 0.3) is 11.0 Å². The maximum atomic E-state index is 12.9. The van der Waals surface area contributed by atoms with E-state index >= 15 is 0 Å². The van der Waals surface area contributed by atoms with Gasteiger partial charge in [-0.05, 0) is 30.3 Å². The summed E-state index contributed by atoms with van der Waals surface area (Å²) in [7, 11) is 0. The lowest BCUT2D eigenvalue weighted by Gasteiger charge is -2.21. The van der Waals surface area contributed by atoms with E-state index in [1.807, 2.05) is 5.32 Å². The number of hydrogen-bond acceptors (Lipinski definition) is 7. The Morgan fingerprint density at radius 2 is 1.56 bits per heavy atom. The number of H-pyrrole nitrogens is 2. The molecule has 1 aliphatic heterocycles. The van der Waals surface area contributed by atoms with Crippen molar-refractivity contribution in [2.24, 2.45) is 0 Å². The molecule has 3 unspecified atom stereocenters. The monoisotopic (exact) mass is 460 g/mol. The Morgan fingerprint density at radius 3 is 2.21 bits per heavy atom. The number of fused-ring (bicyclic) bond motifs is 1. The number of nitrogens with two attached hydrogens (primary N) is 2. The van der Waals surface area contributed by atoms with Crippen molar-refractivity contribution >= 4 is 28.9 Å². The molecule has 1 saturated heterocycles. The lowest BCUT2D eigenvalue weighted by Crippen LogP contribution is -2.83. The lowest BCUT2D eigenvalue weighted by atomic mass is 10.1. The number of hydrogen-bond donors (Lipinski definition) is 4. The highest BCUT2D eigenvalue weighted by Crippen LogP contribution is 2.26. The molecule has 6 N–H and O–H groups in total. The fourth-order valence-corrected chi connectivity index (χ4v) is 4.13. The molecular weight excluding hydrogens is 438 g/mol. The molecule has 10 heteroatoms. The summed E-state index contributed by atoms with van der Waals surface area (Å²) in [5, 5.41) is 2.23. The molecule has 2 aromatic carbocycles. The zero-order valence-electron chi connectivity index (χ0n) is 17.9. The topological polar surface area (TPSA) is 157 Å².